The second-order valence-electron chi connectivity index (χ2n) is 4.24. The van der Waals surface area contributed by atoms with Gasteiger partial charge in [0.15, 0.2) is 0 Å². The van der Waals surface area contributed by atoms with Gasteiger partial charge < -0.3 is 10.6 Å². The van der Waals surface area contributed by atoms with Crippen molar-refractivity contribution in [3.05, 3.63) is 47.7 Å². The number of nitrogens with one attached hydrogen (secondary N) is 2. The summed E-state index contributed by atoms with van der Waals surface area (Å²) in [6.07, 6.45) is 0.399. The lowest BCUT2D eigenvalue weighted by Gasteiger charge is -2.07. The lowest BCUT2D eigenvalue weighted by molar-refractivity contribution is -0.115. The fourth-order valence-corrected chi connectivity index (χ4v) is 2.02. The van der Waals surface area contributed by atoms with Gasteiger partial charge in [-0.15, -0.1) is 0 Å². The summed E-state index contributed by atoms with van der Waals surface area (Å²) in [5.41, 5.74) is 3.03. The van der Waals surface area contributed by atoms with Gasteiger partial charge in [-0.1, -0.05) is 6.07 Å². The quantitative estimate of drug-likeness (QED) is 0.856. The summed E-state index contributed by atoms with van der Waals surface area (Å²) in [5, 5.41) is 14.7. The number of hydrogen-bond acceptors (Lipinski definition) is 4. The number of nitrogens with zero attached hydrogens (tertiary/aromatic N) is 2. The Balaban J connectivity index is 1.86. The molecule has 5 nitrogen and oxygen atoms in total. The highest BCUT2D eigenvalue weighted by Gasteiger charge is 2.17. The molecule has 19 heavy (non-hydrogen) atoms. The van der Waals surface area contributed by atoms with E-state index >= 15 is 0 Å². The van der Waals surface area contributed by atoms with Crippen LogP contribution in [0, 0.1) is 11.3 Å². The number of fused-ring (bicyclic) bond motifs is 1. The third-order valence-electron chi connectivity index (χ3n) is 2.87. The predicted molar refractivity (Wildman–Crippen MR) is 71.0 cm³/mol. The van der Waals surface area contributed by atoms with E-state index in [1.165, 1.54) is 0 Å². The Kier molecular flexibility index (Phi) is 2.62. The summed E-state index contributed by atoms with van der Waals surface area (Å²) < 4.78 is 0. The fraction of sp³-hybridized carbons (Fsp3) is 0.0714. The molecule has 0 saturated heterocycles. The molecule has 1 aromatic carbocycles. The monoisotopic (exact) mass is 250 g/mol. The molecule has 3 rings (SSSR count). The zero-order valence-electron chi connectivity index (χ0n) is 9.97. The van der Waals surface area contributed by atoms with E-state index in [0.717, 1.165) is 16.9 Å². The van der Waals surface area contributed by atoms with Crippen LogP contribution in [0.2, 0.25) is 0 Å². The Morgan fingerprint density at radius 2 is 2.21 bits per heavy atom. The zero-order chi connectivity index (χ0) is 13.2. The average Bonchev–Trinajstić information content (AvgIpc) is 2.78. The molecule has 1 aliphatic heterocycles. The van der Waals surface area contributed by atoms with Crippen molar-refractivity contribution >= 4 is 23.1 Å². The predicted octanol–water partition coefficient (Wildman–Crippen LogP) is 2.19. The van der Waals surface area contributed by atoms with Gasteiger partial charge in [-0.2, -0.15) is 5.26 Å². The highest BCUT2D eigenvalue weighted by Crippen LogP contribution is 2.27. The number of carbonyl (C=O) groups is 1. The van der Waals surface area contributed by atoms with Gasteiger partial charge in [0, 0.05) is 11.4 Å². The van der Waals surface area contributed by atoms with Crippen molar-refractivity contribution < 1.29 is 4.79 Å². The van der Waals surface area contributed by atoms with Crippen molar-refractivity contribution in [3.63, 3.8) is 0 Å². The van der Waals surface area contributed by atoms with Gasteiger partial charge in [-0.25, -0.2) is 4.98 Å². The van der Waals surface area contributed by atoms with Gasteiger partial charge >= 0.3 is 0 Å². The number of amides is 1. The van der Waals surface area contributed by atoms with Gasteiger partial charge in [-0.3, -0.25) is 4.79 Å². The minimum Gasteiger partial charge on any atom is -0.340 e. The Morgan fingerprint density at radius 1 is 1.32 bits per heavy atom. The summed E-state index contributed by atoms with van der Waals surface area (Å²) in [5.74, 6) is 0.619. The molecule has 0 fully saturated rings. The third-order valence-corrected chi connectivity index (χ3v) is 2.87. The number of anilines is 3. The van der Waals surface area contributed by atoms with Crippen molar-refractivity contribution in [2.45, 2.75) is 6.42 Å². The van der Waals surface area contributed by atoms with E-state index < -0.39 is 0 Å². The molecule has 0 atom stereocenters. The lowest BCUT2D eigenvalue weighted by Crippen LogP contribution is -2.03. The number of benzene rings is 1. The maximum absolute atomic E-state index is 11.3. The van der Waals surface area contributed by atoms with E-state index in [2.05, 4.69) is 15.6 Å². The Bertz CT molecular complexity index is 703. The van der Waals surface area contributed by atoms with Crippen molar-refractivity contribution in [2.24, 2.45) is 0 Å². The van der Waals surface area contributed by atoms with Crippen LogP contribution in [0.5, 0.6) is 0 Å². The molecule has 5 heteroatoms. The van der Waals surface area contributed by atoms with E-state index in [9.17, 15) is 4.79 Å². The van der Waals surface area contributed by atoms with Crippen molar-refractivity contribution in [3.8, 4) is 6.07 Å². The summed E-state index contributed by atoms with van der Waals surface area (Å²) in [6, 6.07) is 12.8. The Hall–Kier alpha value is -2.87. The minimum atomic E-state index is 0.0109. The summed E-state index contributed by atoms with van der Waals surface area (Å²) in [4.78, 5) is 15.4. The molecule has 2 heterocycles. The molecule has 0 unspecified atom stereocenters. The zero-order valence-corrected chi connectivity index (χ0v) is 9.97. The lowest BCUT2D eigenvalue weighted by atomic mass is 10.1. The molecule has 0 aliphatic carbocycles. The molecule has 0 bridgehead atoms. The van der Waals surface area contributed by atoms with Crippen LogP contribution in [0.25, 0.3) is 0 Å². The maximum Gasteiger partial charge on any atom is 0.228 e. The number of nitriles is 1. The van der Waals surface area contributed by atoms with Crippen LogP contribution in [-0.4, -0.2) is 10.9 Å². The number of rotatable bonds is 2. The van der Waals surface area contributed by atoms with Gasteiger partial charge in [0.25, 0.3) is 0 Å². The Labute approximate surface area is 109 Å². The van der Waals surface area contributed by atoms with Crippen LogP contribution in [0.1, 0.15) is 11.3 Å². The van der Waals surface area contributed by atoms with Crippen LogP contribution >= 0.6 is 0 Å². The van der Waals surface area contributed by atoms with Gasteiger partial charge in [0.05, 0.1) is 6.42 Å². The smallest absolute Gasteiger partial charge is 0.228 e. The molecule has 1 aliphatic rings. The van der Waals surface area contributed by atoms with E-state index in [4.69, 9.17) is 5.26 Å². The molecular formula is C14H10N4O. The molecular weight excluding hydrogens is 240 g/mol. The van der Waals surface area contributed by atoms with Gasteiger partial charge in [0.2, 0.25) is 5.91 Å². The van der Waals surface area contributed by atoms with E-state index in [1.807, 2.05) is 24.3 Å². The Morgan fingerprint density at radius 3 is 3.05 bits per heavy atom. The first kappa shape index (κ1) is 11.2. The number of hydrogen-bond donors (Lipinski definition) is 2. The highest BCUT2D eigenvalue weighted by atomic mass is 16.1. The van der Waals surface area contributed by atoms with Crippen LogP contribution in [0.4, 0.5) is 17.2 Å². The largest absolute Gasteiger partial charge is 0.340 e. The molecule has 0 spiro atoms. The minimum absolute atomic E-state index is 0.0109. The highest BCUT2D eigenvalue weighted by molar-refractivity contribution is 5.99. The van der Waals surface area contributed by atoms with Crippen molar-refractivity contribution in [1.29, 1.82) is 5.26 Å². The summed E-state index contributed by atoms with van der Waals surface area (Å²) >= 11 is 0. The molecule has 0 radical (unpaired) electrons. The first-order chi connectivity index (χ1) is 9.24. The molecule has 2 aromatic rings. The SMILES string of the molecule is N#Cc1cccc(Nc2ccc3c(c2)CC(=O)N3)n1. The normalized spacial score (nSPS) is 12.5. The third kappa shape index (κ3) is 2.24. The van der Waals surface area contributed by atoms with Gasteiger partial charge in [0.1, 0.15) is 17.6 Å². The first-order valence-electron chi connectivity index (χ1n) is 5.81. The van der Waals surface area contributed by atoms with E-state index in [1.54, 1.807) is 18.2 Å². The summed E-state index contributed by atoms with van der Waals surface area (Å²) in [6.45, 7) is 0. The molecule has 2 N–H and O–H groups in total. The number of carbonyl (C=O) groups excluding carboxylic acids is 1. The van der Waals surface area contributed by atoms with E-state index in [0.29, 0.717) is 17.9 Å². The van der Waals surface area contributed by atoms with Crippen LogP contribution < -0.4 is 10.6 Å². The fourth-order valence-electron chi connectivity index (χ4n) is 2.02. The standard InChI is InChI=1S/C14H10N4O/c15-8-11-2-1-3-13(17-11)16-10-4-5-12-9(6-10)7-14(19)18-12/h1-6H,7H2,(H,16,17)(H,18,19). The molecule has 0 saturated carbocycles. The number of pyridine rings is 1. The average molecular weight is 250 g/mol. The van der Waals surface area contributed by atoms with Crippen molar-refractivity contribution in [1.82, 2.24) is 4.98 Å². The van der Waals surface area contributed by atoms with Crippen LogP contribution in [0.3, 0.4) is 0 Å². The molecule has 1 aromatic heterocycles. The van der Waals surface area contributed by atoms with E-state index in [-0.39, 0.29) is 5.91 Å². The second kappa shape index (κ2) is 4.42. The topological polar surface area (TPSA) is 77.8 Å². The first-order valence-corrected chi connectivity index (χ1v) is 5.81. The number of aromatic nitrogens is 1. The second-order valence-corrected chi connectivity index (χ2v) is 4.24. The molecule has 92 valence electrons. The molecule has 1 amide bonds. The maximum atomic E-state index is 11.3. The van der Waals surface area contributed by atoms with Crippen molar-refractivity contribution in [2.75, 3.05) is 10.6 Å². The van der Waals surface area contributed by atoms with Crippen LogP contribution in [0.15, 0.2) is 36.4 Å². The van der Waals surface area contributed by atoms with Crippen LogP contribution in [-0.2, 0) is 11.2 Å². The van der Waals surface area contributed by atoms with Gasteiger partial charge in [-0.05, 0) is 35.9 Å². The summed E-state index contributed by atoms with van der Waals surface area (Å²) in [7, 11) is 0.